The summed E-state index contributed by atoms with van der Waals surface area (Å²) >= 11 is 0. The van der Waals surface area contributed by atoms with Gasteiger partial charge in [0.1, 0.15) is 12.2 Å². The zero-order chi connectivity index (χ0) is 36.0. The number of amides is 1. The number of carbonyl (C=O) groups excluding carboxylic acids is 3. The van der Waals surface area contributed by atoms with Crippen LogP contribution >= 0.6 is 0 Å². The number of hydrogen-bond acceptors (Lipinski definition) is 10. The molecule has 1 N–H and O–H groups in total. The zero-order valence-corrected chi connectivity index (χ0v) is 32.0. The van der Waals surface area contributed by atoms with Crippen LogP contribution in [-0.2, 0) is 27.9 Å². The summed E-state index contributed by atoms with van der Waals surface area (Å²) in [6, 6.07) is 8.20. The van der Waals surface area contributed by atoms with Gasteiger partial charge in [-0.05, 0) is 48.4 Å². The number of esters is 1. The van der Waals surface area contributed by atoms with Gasteiger partial charge in [0, 0.05) is 19.4 Å². The minimum absolute atomic E-state index is 0.0576. The van der Waals surface area contributed by atoms with Crippen molar-refractivity contribution in [2.45, 2.75) is 116 Å². The fourth-order valence-corrected chi connectivity index (χ4v) is 7.14. The molecule has 3 heterocycles. The summed E-state index contributed by atoms with van der Waals surface area (Å²) in [7, 11) is -4.78. The van der Waals surface area contributed by atoms with E-state index in [2.05, 4.69) is 83.0 Å². The van der Waals surface area contributed by atoms with Gasteiger partial charge in [0.2, 0.25) is 11.9 Å². The monoisotopic (exact) mass is 699 g/mol. The lowest BCUT2D eigenvalue weighted by molar-refractivity contribution is -0.153. The molecule has 1 aromatic carbocycles. The lowest BCUT2D eigenvalue weighted by Crippen LogP contribution is -2.50. The maximum Gasteiger partial charge on any atom is 0.303 e. The summed E-state index contributed by atoms with van der Waals surface area (Å²) in [5, 5.41) is 2.23. The molecule has 2 aromatic heterocycles. The first-order valence-electron chi connectivity index (χ1n) is 16.1. The molecule has 15 heteroatoms. The first kappa shape index (κ1) is 37.3. The molecule has 1 amide bonds. The highest BCUT2D eigenvalue weighted by atomic mass is 28.4. The highest BCUT2D eigenvalue weighted by Crippen LogP contribution is 2.44. The predicted octanol–water partition coefficient (Wildman–Crippen LogP) is 5.48. The van der Waals surface area contributed by atoms with Crippen LogP contribution in [0.15, 0.2) is 41.5 Å². The molecule has 4 rings (SSSR count). The normalized spacial score (nSPS) is 20.6. The van der Waals surface area contributed by atoms with E-state index in [9.17, 15) is 19.2 Å². The Hall–Kier alpha value is -3.51. The molecule has 1 aliphatic heterocycles. The number of nitrogens with one attached hydrogen (secondary N) is 1. The van der Waals surface area contributed by atoms with Crippen LogP contribution in [0.5, 0.6) is 0 Å². The molecule has 0 spiro atoms. The van der Waals surface area contributed by atoms with E-state index in [1.165, 1.54) is 20.2 Å². The minimum atomic E-state index is -2.53. The fraction of sp³-hybridized carbons (Fsp3) is 0.576. The van der Waals surface area contributed by atoms with E-state index in [-0.39, 0.29) is 39.4 Å². The smallest absolute Gasteiger partial charge is 0.303 e. The fourth-order valence-electron chi connectivity index (χ4n) is 4.84. The third kappa shape index (κ3) is 7.54. The number of imidazole rings is 1. The van der Waals surface area contributed by atoms with Crippen molar-refractivity contribution in [1.82, 2.24) is 19.1 Å². The molecule has 0 radical (unpaired) electrons. The van der Waals surface area contributed by atoms with Crippen LogP contribution in [0.2, 0.25) is 36.3 Å². The van der Waals surface area contributed by atoms with Gasteiger partial charge >= 0.3 is 5.97 Å². The van der Waals surface area contributed by atoms with E-state index in [1.807, 2.05) is 0 Å². The van der Waals surface area contributed by atoms with Crippen LogP contribution in [0.3, 0.4) is 0 Å². The van der Waals surface area contributed by atoms with Crippen molar-refractivity contribution < 1.29 is 32.7 Å². The van der Waals surface area contributed by atoms with Gasteiger partial charge < -0.3 is 18.3 Å². The number of nitrogens with zero attached hydrogens (tertiary/aromatic N) is 4. The SMILES string of the molecule is CC(=O)Nc1nc2c(ncn2C2OC(CO[Si](C)(C)C(C)(C)C)C(OC(C)=O)C2O[Si](C)(C)C(C)(C)C)c(=O)n1C(=O)c1ccccc1. The first-order chi connectivity index (χ1) is 22.1. The van der Waals surface area contributed by atoms with Crippen molar-refractivity contribution in [3.63, 3.8) is 0 Å². The molecule has 262 valence electrons. The van der Waals surface area contributed by atoms with Crippen molar-refractivity contribution in [2.24, 2.45) is 0 Å². The van der Waals surface area contributed by atoms with Crippen molar-refractivity contribution >= 4 is 51.5 Å². The number of benzene rings is 1. The van der Waals surface area contributed by atoms with E-state index in [0.29, 0.717) is 0 Å². The lowest BCUT2D eigenvalue weighted by Gasteiger charge is -2.40. The lowest BCUT2D eigenvalue weighted by atomic mass is 10.1. The Bertz CT molecular complexity index is 1740. The van der Waals surface area contributed by atoms with Gasteiger partial charge in [-0.1, -0.05) is 59.7 Å². The van der Waals surface area contributed by atoms with E-state index in [1.54, 1.807) is 34.9 Å². The Morgan fingerprint density at radius 3 is 2.08 bits per heavy atom. The summed E-state index contributed by atoms with van der Waals surface area (Å²) in [5.74, 6) is -1.99. The molecule has 1 saturated heterocycles. The number of aromatic nitrogens is 4. The third-order valence-electron chi connectivity index (χ3n) is 9.62. The van der Waals surface area contributed by atoms with Gasteiger partial charge in [-0.15, -0.1) is 0 Å². The number of rotatable bonds is 9. The van der Waals surface area contributed by atoms with Crippen LogP contribution < -0.4 is 10.9 Å². The topological polar surface area (TPSA) is 153 Å². The average Bonchev–Trinajstić information content (AvgIpc) is 3.51. The molecule has 3 aromatic rings. The van der Waals surface area contributed by atoms with Crippen molar-refractivity contribution in [3.05, 3.63) is 52.6 Å². The number of anilines is 1. The number of carbonyl (C=O) groups is 3. The maximum atomic E-state index is 13.9. The Morgan fingerprint density at radius 1 is 0.938 bits per heavy atom. The van der Waals surface area contributed by atoms with Crippen LogP contribution in [0, 0.1) is 0 Å². The summed E-state index contributed by atoms with van der Waals surface area (Å²) in [4.78, 5) is 61.2. The Balaban J connectivity index is 1.89. The second kappa shape index (κ2) is 13.4. The molecule has 0 aliphatic carbocycles. The molecular formula is C33H49N5O8Si2. The van der Waals surface area contributed by atoms with Crippen LogP contribution in [0.4, 0.5) is 5.95 Å². The number of fused-ring (bicyclic) bond motifs is 1. The maximum absolute atomic E-state index is 13.9. The molecule has 0 bridgehead atoms. The molecule has 48 heavy (non-hydrogen) atoms. The van der Waals surface area contributed by atoms with E-state index in [4.69, 9.17) is 18.3 Å². The molecule has 1 aliphatic rings. The van der Waals surface area contributed by atoms with Gasteiger partial charge in [-0.25, -0.2) is 9.55 Å². The largest absolute Gasteiger partial charge is 0.457 e. The summed E-state index contributed by atoms with van der Waals surface area (Å²) in [6.45, 7) is 23.9. The van der Waals surface area contributed by atoms with E-state index in [0.717, 1.165) is 4.57 Å². The van der Waals surface area contributed by atoms with Crippen molar-refractivity contribution in [1.29, 1.82) is 0 Å². The van der Waals surface area contributed by atoms with Gasteiger partial charge in [0.15, 0.2) is 40.1 Å². The Kier molecular flexibility index (Phi) is 10.4. The van der Waals surface area contributed by atoms with Crippen molar-refractivity contribution in [3.8, 4) is 0 Å². The Morgan fingerprint density at radius 2 is 1.54 bits per heavy atom. The van der Waals surface area contributed by atoms with Crippen LogP contribution in [0.25, 0.3) is 11.2 Å². The average molecular weight is 700 g/mol. The standard InChI is InChI=1S/C33H49N5O8Si2/c1-20(39)35-31-36-27-24(29(42)38(31)28(41)22-16-14-13-15-17-22)34-19-37(27)30-26(46-48(11,12)33(6,7)8)25(44-21(2)40)23(45-30)18-43-47(9,10)32(3,4)5/h13-17,19,23,25-26,30H,18H2,1-12H3,(H,35,36,39). The quantitative estimate of drug-likeness (QED) is 0.224. The van der Waals surface area contributed by atoms with Crippen molar-refractivity contribution in [2.75, 3.05) is 11.9 Å². The van der Waals surface area contributed by atoms with Gasteiger partial charge in [-0.3, -0.25) is 29.1 Å². The van der Waals surface area contributed by atoms with E-state index < -0.39 is 64.5 Å². The molecular weight excluding hydrogens is 651 g/mol. The number of hydrogen-bond donors (Lipinski definition) is 1. The molecule has 0 saturated carbocycles. The first-order valence-corrected chi connectivity index (χ1v) is 21.9. The second-order valence-corrected chi connectivity index (χ2v) is 24.9. The van der Waals surface area contributed by atoms with Gasteiger partial charge in [-0.2, -0.15) is 4.98 Å². The van der Waals surface area contributed by atoms with Gasteiger partial charge in [0.25, 0.3) is 11.5 Å². The summed E-state index contributed by atoms with van der Waals surface area (Å²) in [5.41, 5.74) is -0.608. The summed E-state index contributed by atoms with van der Waals surface area (Å²) in [6.07, 6.45) is -1.99. The summed E-state index contributed by atoms with van der Waals surface area (Å²) < 4.78 is 28.4. The van der Waals surface area contributed by atoms with E-state index >= 15 is 0 Å². The van der Waals surface area contributed by atoms with Crippen LogP contribution in [0.1, 0.15) is 72.0 Å². The molecule has 1 fully saturated rings. The van der Waals surface area contributed by atoms with Gasteiger partial charge in [0.05, 0.1) is 12.9 Å². The number of ether oxygens (including phenoxy) is 2. The molecule has 13 nitrogen and oxygen atoms in total. The zero-order valence-electron chi connectivity index (χ0n) is 30.0. The third-order valence-corrected chi connectivity index (χ3v) is 18.6. The highest BCUT2D eigenvalue weighted by molar-refractivity contribution is 6.74. The Labute approximate surface area is 283 Å². The predicted molar refractivity (Wildman–Crippen MR) is 187 cm³/mol. The molecule has 4 atom stereocenters. The van der Waals surface area contributed by atoms with Crippen LogP contribution in [-0.4, -0.2) is 78.4 Å². The minimum Gasteiger partial charge on any atom is -0.457 e. The molecule has 4 unspecified atom stereocenters. The second-order valence-electron chi connectivity index (χ2n) is 15.3. The highest BCUT2D eigenvalue weighted by Gasteiger charge is 2.54.